The zero-order valence-corrected chi connectivity index (χ0v) is 18.1. The number of fused-ring (bicyclic) bond motifs is 1. The largest absolute Gasteiger partial charge is 0.460 e. The highest BCUT2D eigenvalue weighted by Crippen LogP contribution is 2.21. The van der Waals surface area contributed by atoms with Crippen LogP contribution in [0.15, 0.2) is 55.8 Å². The van der Waals surface area contributed by atoms with E-state index in [-0.39, 0.29) is 49.9 Å². The Labute approximate surface area is 190 Å². The van der Waals surface area contributed by atoms with E-state index >= 15 is 0 Å². The molecule has 1 amide bonds. The van der Waals surface area contributed by atoms with Crippen LogP contribution >= 0.6 is 0 Å². The van der Waals surface area contributed by atoms with Crippen LogP contribution in [0.2, 0.25) is 0 Å². The molecule has 0 saturated carbocycles. The number of benzene rings is 1. The summed E-state index contributed by atoms with van der Waals surface area (Å²) < 4.78 is 22.3. The van der Waals surface area contributed by atoms with Crippen molar-refractivity contribution in [2.75, 3.05) is 39.5 Å². The van der Waals surface area contributed by atoms with Crippen molar-refractivity contribution in [1.82, 2.24) is 24.8 Å². The number of aromatic amines is 1. The Morgan fingerprint density at radius 1 is 1.09 bits per heavy atom. The van der Waals surface area contributed by atoms with Gasteiger partial charge in [0, 0.05) is 23.6 Å². The van der Waals surface area contributed by atoms with E-state index in [2.05, 4.69) is 33.1 Å². The Balaban J connectivity index is 1.40. The summed E-state index contributed by atoms with van der Waals surface area (Å²) in [5.41, 5.74) is 1.56. The third kappa shape index (κ3) is 5.47. The Hall–Kier alpha value is -3.92. The Morgan fingerprint density at radius 3 is 2.45 bits per heavy atom. The molecule has 10 nitrogen and oxygen atoms in total. The standard InChI is InChI=1S/C23H25N5O5/c1-3-10-31-21-25-22(32-11-4-2)27-23(26-21)33-15-16-14-28(9-12-30-16)20(29)18-13-24-19-8-6-5-7-17(18)19/h3-8,13,16,24H,1-2,9-12,14-15H2. The third-order valence-corrected chi connectivity index (χ3v) is 4.88. The monoisotopic (exact) mass is 451 g/mol. The number of morpholine rings is 1. The highest BCUT2D eigenvalue weighted by Gasteiger charge is 2.27. The fraction of sp³-hybridized carbons (Fsp3) is 0.304. The van der Waals surface area contributed by atoms with Crippen LogP contribution in [0.3, 0.4) is 0 Å². The molecule has 4 rings (SSSR count). The van der Waals surface area contributed by atoms with Gasteiger partial charge in [0.05, 0.1) is 18.7 Å². The van der Waals surface area contributed by atoms with Crippen molar-refractivity contribution in [1.29, 1.82) is 0 Å². The summed E-state index contributed by atoms with van der Waals surface area (Å²) in [4.78, 5) is 30.3. The van der Waals surface area contributed by atoms with Gasteiger partial charge in [-0.05, 0) is 6.07 Å². The third-order valence-electron chi connectivity index (χ3n) is 4.88. The maximum absolute atomic E-state index is 13.1. The van der Waals surface area contributed by atoms with Crippen LogP contribution in [-0.4, -0.2) is 76.4 Å². The summed E-state index contributed by atoms with van der Waals surface area (Å²) >= 11 is 0. The van der Waals surface area contributed by atoms with Crippen molar-refractivity contribution in [2.24, 2.45) is 0 Å². The lowest BCUT2D eigenvalue weighted by Gasteiger charge is -2.32. The normalized spacial score (nSPS) is 15.8. The van der Waals surface area contributed by atoms with E-state index in [4.69, 9.17) is 18.9 Å². The maximum atomic E-state index is 13.1. The summed E-state index contributed by atoms with van der Waals surface area (Å²) in [6.45, 7) is 9.07. The van der Waals surface area contributed by atoms with Gasteiger partial charge in [0.2, 0.25) is 0 Å². The molecule has 1 fully saturated rings. The molecule has 1 aliphatic rings. The molecule has 1 atom stereocenters. The predicted octanol–water partition coefficient (Wildman–Crippen LogP) is 2.40. The van der Waals surface area contributed by atoms with Crippen molar-refractivity contribution in [3.05, 3.63) is 61.3 Å². The molecule has 3 heterocycles. The molecule has 1 N–H and O–H groups in total. The molecule has 0 aliphatic carbocycles. The van der Waals surface area contributed by atoms with E-state index in [1.54, 1.807) is 23.2 Å². The molecule has 0 radical (unpaired) electrons. The minimum absolute atomic E-state index is 0.0341. The second-order valence-corrected chi connectivity index (χ2v) is 7.19. The average Bonchev–Trinajstić information content (AvgIpc) is 3.29. The quantitative estimate of drug-likeness (QED) is 0.468. The van der Waals surface area contributed by atoms with Gasteiger partial charge in [-0.25, -0.2) is 0 Å². The summed E-state index contributed by atoms with van der Waals surface area (Å²) in [5, 5.41) is 0.895. The lowest BCUT2D eigenvalue weighted by molar-refractivity contribution is -0.0415. The number of H-pyrrole nitrogens is 1. The number of aromatic nitrogens is 4. The minimum atomic E-state index is -0.347. The lowest BCUT2D eigenvalue weighted by atomic mass is 10.1. The van der Waals surface area contributed by atoms with Gasteiger partial charge in [0.25, 0.3) is 5.91 Å². The van der Waals surface area contributed by atoms with Crippen LogP contribution in [0.5, 0.6) is 18.0 Å². The second-order valence-electron chi connectivity index (χ2n) is 7.19. The van der Waals surface area contributed by atoms with Crippen LogP contribution < -0.4 is 14.2 Å². The number of nitrogens with zero attached hydrogens (tertiary/aromatic N) is 4. The van der Waals surface area contributed by atoms with Gasteiger partial charge >= 0.3 is 18.0 Å². The SMILES string of the molecule is C=CCOc1nc(OCC=C)nc(OCC2CN(C(=O)c3c[nH]c4ccccc34)CCO2)n1. The predicted molar refractivity (Wildman–Crippen MR) is 121 cm³/mol. The van der Waals surface area contributed by atoms with Crippen molar-refractivity contribution >= 4 is 16.8 Å². The summed E-state index contributed by atoms with van der Waals surface area (Å²) in [6, 6.07) is 7.86. The number of amides is 1. The molecule has 2 aromatic heterocycles. The van der Waals surface area contributed by atoms with Crippen LogP contribution in [0.4, 0.5) is 0 Å². The van der Waals surface area contributed by atoms with Crippen LogP contribution in [0.1, 0.15) is 10.4 Å². The first-order valence-electron chi connectivity index (χ1n) is 10.5. The zero-order valence-electron chi connectivity index (χ0n) is 18.1. The molecule has 1 aliphatic heterocycles. The van der Waals surface area contributed by atoms with E-state index in [1.807, 2.05) is 24.3 Å². The number of nitrogens with one attached hydrogen (secondary N) is 1. The van der Waals surface area contributed by atoms with Crippen molar-refractivity contribution in [3.63, 3.8) is 0 Å². The summed E-state index contributed by atoms with van der Waals surface area (Å²) in [6.07, 6.45) is 4.54. The smallest absolute Gasteiger partial charge is 0.326 e. The fourth-order valence-electron chi connectivity index (χ4n) is 3.37. The molecular weight excluding hydrogens is 426 g/mol. The first-order chi connectivity index (χ1) is 16.2. The summed E-state index contributed by atoms with van der Waals surface area (Å²) in [5.74, 6) is -0.0545. The number of hydrogen-bond acceptors (Lipinski definition) is 8. The van der Waals surface area contributed by atoms with Crippen LogP contribution in [0, 0.1) is 0 Å². The Kier molecular flexibility index (Phi) is 7.16. The molecule has 0 spiro atoms. The molecule has 3 aromatic rings. The number of rotatable bonds is 10. The maximum Gasteiger partial charge on any atom is 0.326 e. The molecule has 1 saturated heterocycles. The number of para-hydroxylation sites is 1. The molecule has 172 valence electrons. The Bertz CT molecular complexity index is 1100. The first-order valence-corrected chi connectivity index (χ1v) is 10.5. The number of carbonyl (C=O) groups is 1. The van der Waals surface area contributed by atoms with Crippen molar-refractivity contribution in [2.45, 2.75) is 6.10 Å². The lowest BCUT2D eigenvalue weighted by Crippen LogP contribution is -2.47. The van der Waals surface area contributed by atoms with Crippen molar-refractivity contribution < 1.29 is 23.7 Å². The molecule has 1 unspecified atom stereocenters. The Morgan fingerprint density at radius 2 is 1.76 bits per heavy atom. The van der Waals surface area contributed by atoms with E-state index in [0.29, 0.717) is 25.3 Å². The zero-order chi connectivity index (χ0) is 23.0. The second kappa shape index (κ2) is 10.6. The number of ether oxygens (including phenoxy) is 4. The van der Waals surface area contributed by atoms with E-state index in [9.17, 15) is 4.79 Å². The first kappa shape index (κ1) is 22.3. The molecule has 1 aromatic carbocycles. The molecular formula is C23H25N5O5. The molecule has 0 bridgehead atoms. The van der Waals surface area contributed by atoms with E-state index in [0.717, 1.165) is 10.9 Å². The minimum Gasteiger partial charge on any atom is -0.460 e. The van der Waals surface area contributed by atoms with E-state index in [1.165, 1.54) is 0 Å². The van der Waals surface area contributed by atoms with E-state index < -0.39 is 0 Å². The van der Waals surface area contributed by atoms with Gasteiger partial charge in [-0.3, -0.25) is 4.79 Å². The average molecular weight is 451 g/mol. The summed E-state index contributed by atoms with van der Waals surface area (Å²) in [7, 11) is 0. The molecule has 33 heavy (non-hydrogen) atoms. The highest BCUT2D eigenvalue weighted by molar-refractivity contribution is 6.06. The van der Waals surface area contributed by atoms with Crippen LogP contribution in [0.25, 0.3) is 10.9 Å². The van der Waals surface area contributed by atoms with Gasteiger partial charge in [-0.15, -0.1) is 15.0 Å². The van der Waals surface area contributed by atoms with Gasteiger partial charge in [-0.1, -0.05) is 43.5 Å². The van der Waals surface area contributed by atoms with Gasteiger partial charge in [0.15, 0.2) is 0 Å². The number of hydrogen-bond donors (Lipinski definition) is 1. The molecule has 10 heteroatoms. The topological polar surface area (TPSA) is 112 Å². The number of carbonyl (C=O) groups excluding carboxylic acids is 1. The highest BCUT2D eigenvalue weighted by atomic mass is 16.6. The van der Waals surface area contributed by atoms with Gasteiger partial charge in [0.1, 0.15) is 25.9 Å². The van der Waals surface area contributed by atoms with Gasteiger partial charge < -0.3 is 28.8 Å². The fourth-order valence-corrected chi connectivity index (χ4v) is 3.37. The van der Waals surface area contributed by atoms with Gasteiger partial charge in [-0.2, -0.15) is 0 Å². The van der Waals surface area contributed by atoms with Crippen molar-refractivity contribution in [3.8, 4) is 18.0 Å². The van der Waals surface area contributed by atoms with Crippen LogP contribution in [-0.2, 0) is 4.74 Å².